The molecule has 0 aliphatic rings. The van der Waals surface area contributed by atoms with E-state index in [4.69, 9.17) is 0 Å². The second-order valence-corrected chi connectivity index (χ2v) is 6.10. The molecule has 0 bridgehead atoms. The molecule has 1 aromatic rings. The summed E-state index contributed by atoms with van der Waals surface area (Å²) in [5.41, 5.74) is 3.04. The van der Waals surface area contributed by atoms with E-state index in [9.17, 15) is 0 Å². The van der Waals surface area contributed by atoms with Crippen LogP contribution in [0, 0.1) is 12.8 Å². The Morgan fingerprint density at radius 2 is 1.71 bits per heavy atom. The molecule has 1 N–H and O–H groups in total. The largest absolute Gasteiger partial charge is 0.316 e. The molecule has 0 fully saturated rings. The molecule has 1 rings (SSSR count). The van der Waals surface area contributed by atoms with Crippen molar-refractivity contribution >= 4 is 0 Å². The summed E-state index contributed by atoms with van der Waals surface area (Å²) >= 11 is 0. The summed E-state index contributed by atoms with van der Waals surface area (Å²) in [6, 6.07) is 8.94. The topological polar surface area (TPSA) is 12.0 Å². The molecule has 1 heteroatoms. The Bertz CT molecular complexity index is 322. The zero-order valence-electron chi connectivity index (χ0n) is 12.0. The number of aryl methyl sites for hydroxylation is 1. The zero-order chi connectivity index (χ0) is 12.9. The average molecular weight is 233 g/mol. The Hall–Kier alpha value is -0.820. The van der Waals surface area contributed by atoms with Crippen molar-refractivity contribution in [2.24, 2.45) is 5.92 Å². The third kappa shape index (κ3) is 4.91. The van der Waals surface area contributed by atoms with Gasteiger partial charge in [-0.05, 0) is 43.3 Å². The normalized spacial score (nSPS) is 12.1. The molecule has 96 valence electrons. The van der Waals surface area contributed by atoms with E-state index >= 15 is 0 Å². The van der Waals surface area contributed by atoms with Crippen molar-refractivity contribution < 1.29 is 0 Å². The molecule has 0 aliphatic heterocycles. The summed E-state index contributed by atoms with van der Waals surface area (Å²) < 4.78 is 0. The Morgan fingerprint density at radius 1 is 1.12 bits per heavy atom. The van der Waals surface area contributed by atoms with E-state index in [1.807, 2.05) is 0 Å². The fraction of sp³-hybridized carbons (Fsp3) is 0.625. The summed E-state index contributed by atoms with van der Waals surface area (Å²) in [4.78, 5) is 0. The molecule has 0 unspecified atom stereocenters. The molecule has 0 aromatic heterocycles. The van der Waals surface area contributed by atoms with Crippen LogP contribution in [0.1, 0.15) is 45.2 Å². The fourth-order valence-corrected chi connectivity index (χ4v) is 1.94. The quantitative estimate of drug-likeness (QED) is 0.735. The first-order chi connectivity index (χ1) is 7.92. The van der Waals surface area contributed by atoms with Crippen molar-refractivity contribution in [2.45, 2.75) is 46.5 Å². The molecule has 0 radical (unpaired) electrons. The van der Waals surface area contributed by atoms with Gasteiger partial charge < -0.3 is 5.32 Å². The van der Waals surface area contributed by atoms with Crippen molar-refractivity contribution in [3.63, 3.8) is 0 Å². The Morgan fingerprint density at radius 3 is 2.24 bits per heavy atom. The monoisotopic (exact) mass is 233 g/mol. The van der Waals surface area contributed by atoms with Gasteiger partial charge in [-0.25, -0.2) is 0 Å². The first kappa shape index (κ1) is 14.2. The molecule has 0 saturated heterocycles. The second-order valence-electron chi connectivity index (χ2n) is 6.10. The maximum absolute atomic E-state index is 3.52. The van der Waals surface area contributed by atoms with Crippen LogP contribution < -0.4 is 5.32 Å². The first-order valence-corrected chi connectivity index (χ1v) is 6.69. The predicted molar refractivity (Wildman–Crippen MR) is 76.5 cm³/mol. The molecule has 0 aliphatic carbocycles. The molecule has 1 nitrogen and oxygen atoms in total. The van der Waals surface area contributed by atoms with Gasteiger partial charge in [-0.15, -0.1) is 0 Å². The molecular weight excluding hydrogens is 206 g/mol. The van der Waals surface area contributed by atoms with E-state index in [0.717, 1.165) is 19.0 Å². The minimum atomic E-state index is 0.262. The van der Waals surface area contributed by atoms with E-state index in [2.05, 4.69) is 64.2 Å². The third-order valence-electron chi connectivity index (χ3n) is 3.31. The van der Waals surface area contributed by atoms with E-state index in [1.54, 1.807) is 0 Å². The first-order valence-electron chi connectivity index (χ1n) is 6.69. The third-order valence-corrected chi connectivity index (χ3v) is 3.31. The Balaban J connectivity index is 2.47. The lowest BCUT2D eigenvalue weighted by atomic mass is 9.81. The number of hydrogen-bond acceptors (Lipinski definition) is 1. The van der Waals surface area contributed by atoms with Gasteiger partial charge in [-0.3, -0.25) is 0 Å². The van der Waals surface area contributed by atoms with Crippen LogP contribution in [0.3, 0.4) is 0 Å². The highest BCUT2D eigenvalue weighted by atomic mass is 14.8. The Labute approximate surface area is 107 Å². The molecule has 0 amide bonds. The van der Waals surface area contributed by atoms with Crippen molar-refractivity contribution in [3.8, 4) is 0 Å². The highest BCUT2D eigenvalue weighted by Gasteiger charge is 2.19. The highest BCUT2D eigenvalue weighted by molar-refractivity contribution is 5.27. The van der Waals surface area contributed by atoms with Gasteiger partial charge in [0.25, 0.3) is 0 Å². The summed E-state index contributed by atoms with van der Waals surface area (Å²) in [6.07, 6.45) is 1.18. The van der Waals surface area contributed by atoms with Gasteiger partial charge in [0.2, 0.25) is 0 Å². The summed E-state index contributed by atoms with van der Waals surface area (Å²) in [7, 11) is 0. The zero-order valence-corrected chi connectivity index (χ0v) is 12.0. The highest BCUT2D eigenvalue weighted by Crippen LogP contribution is 2.26. The smallest absolute Gasteiger partial charge is 0.00258 e. The van der Waals surface area contributed by atoms with Crippen molar-refractivity contribution in [3.05, 3.63) is 35.4 Å². The lowest BCUT2D eigenvalue weighted by Gasteiger charge is -2.26. The molecular formula is C16H27N. The van der Waals surface area contributed by atoms with Gasteiger partial charge in [-0.1, -0.05) is 57.5 Å². The van der Waals surface area contributed by atoms with E-state index in [1.165, 1.54) is 17.5 Å². The van der Waals surface area contributed by atoms with Crippen molar-refractivity contribution in [1.82, 2.24) is 5.32 Å². The minimum absolute atomic E-state index is 0.262. The molecule has 17 heavy (non-hydrogen) atoms. The average Bonchev–Trinajstić information content (AvgIpc) is 2.25. The predicted octanol–water partition coefficient (Wildman–Crippen LogP) is 3.91. The van der Waals surface area contributed by atoms with E-state index < -0.39 is 0 Å². The van der Waals surface area contributed by atoms with Crippen LogP contribution in [-0.4, -0.2) is 13.1 Å². The molecule has 0 atom stereocenters. The summed E-state index contributed by atoms with van der Waals surface area (Å²) in [5, 5.41) is 3.52. The lowest BCUT2D eigenvalue weighted by molar-refractivity contribution is 0.442. The number of benzene rings is 1. The SMILES string of the molecule is Cc1ccc(C(C)(C)CCNCC(C)C)cc1. The molecule has 0 saturated carbocycles. The summed E-state index contributed by atoms with van der Waals surface area (Å²) in [6.45, 7) is 13.5. The van der Waals surface area contributed by atoms with E-state index in [-0.39, 0.29) is 5.41 Å². The van der Waals surface area contributed by atoms with Gasteiger partial charge in [-0.2, -0.15) is 0 Å². The molecule has 0 heterocycles. The van der Waals surface area contributed by atoms with Gasteiger partial charge in [0.05, 0.1) is 0 Å². The maximum Gasteiger partial charge on any atom is -0.00258 e. The second kappa shape index (κ2) is 6.20. The fourth-order valence-electron chi connectivity index (χ4n) is 1.94. The van der Waals surface area contributed by atoms with Crippen LogP contribution in [0.5, 0.6) is 0 Å². The van der Waals surface area contributed by atoms with Gasteiger partial charge in [0, 0.05) is 0 Å². The van der Waals surface area contributed by atoms with Crippen LogP contribution >= 0.6 is 0 Å². The van der Waals surface area contributed by atoms with Crippen molar-refractivity contribution in [2.75, 3.05) is 13.1 Å². The van der Waals surface area contributed by atoms with E-state index in [0.29, 0.717) is 0 Å². The van der Waals surface area contributed by atoms with Crippen LogP contribution in [0.4, 0.5) is 0 Å². The maximum atomic E-state index is 3.52. The van der Waals surface area contributed by atoms with Crippen LogP contribution in [0.25, 0.3) is 0 Å². The standard InChI is InChI=1S/C16H27N/c1-13(2)12-17-11-10-16(4,5)15-8-6-14(3)7-9-15/h6-9,13,17H,10-12H2,1-5H3. The van der Waals surface area contributed by atoms with Gasteiger partial charge >= 0.3 is 0 Å². The minimum Gasteiger partial charge on any atom is -0.316 e. The number of nitrogens with one attached hydrogen (secondary N) is 1. The van der Waals surface area contributed by atoms with Crippen molar-refractivity contribution in [1.29, 1.82) is 0 Å². The van der Waals surface area contributed by atoms with Gasteiger partial charge in [0.15, 0.2) is 0 Å². The number of rotatable bonds is 6. The molecule has 0 spiro atoms. The summed E-state index contributed by atoms with van der Waals surface area (Å²) in [5.74, 6) is 0.734. The lowest BCUT2D eigenvalue weighted by Crippen LogP contribution is -2.27. The Kier molecular flexibility index (Phi) is 5.20. The van der Waals surface area contributed by atoms with Crippen LogP contribution in [-0.2, 0) is 5.41 Å². The molecule has 1 aromatic carbocycles. The van der Waals surface area contributed by atoms with Gasteiger partial charge in [0.1, 0.15) is 0 Å². The van der Waals surface area contributed by atoms with Crippen LogP contribution in [0.2, 0.25) is 0 Å². The van der Waals surface area contributed by atoms with Crippen LogP contribution in [0.15, 0.2) is 24.3 Å². The number of hydrogen-bond donors (Lipinski definition) is 1.